The smallest absolute Gasteiger partial charge is 0.345 e. The van der Waals surface area contributed by atoms with Crippen molar-refractivity contribution in [3.63, 3.8) is 0 Å². The maximum absolute atomic E-state index is 13.7. The Labute approximate surface area is 192 Å². The van der Waals surface area contributed by atoms with Gasteiger partial charge >= 0.3 is 11.9 Å². The van der Waals surface area contributed by atoms with Crippen LogP contribution in [-0.4, -0.2) is 50.4 Å². The van der Waals surface area contributed by atoms with E-state index >= 15 is 0 Å². The summed E-state index contributed by atoms with van der Waals surface area (Å²) in [6.07, 6.45) is 0. The zero-order valence-electron chi connectivity index (χ0n) is 19.3. The summed E-state index contributed by atoms with van der Waals surface area (Å²) < 4.78 is 17.0. The van der Waals surface area contributed by atoms with Gasteiger partial charge in [0, 0.05) is 12.4 Å². The number of pyridine rings is 1. The molecular weight excluding hydrogens is 424 g/mol. The Morgan fingerprint density at radius 2 is 1.64 bits per heavy atom. The molecule has 0 saturated heterocycles. The Morgan fingerprint density at radius 3 is 2.27 bits per heavy atom. The van der Waals surface area contributed by atoms with E-state index < -0.39 is 17.5 Å². The standard InChI is InChI=1S/C25H28N2O6/c1-5-32-21(28)16-26(3)23-19-9-7-8-10-20(19)27(24(29)22(23)25(30)33-6-2)15-17-11-13-18(31-4)14-12-17/h7-14H,5-6,15-16H2,1-4H3. The molecule has 0 radical (unpaired) electrons. The summed E-state index contributed by atoms with van der Waals surface area (Å²) in [6, 6.07) is 14.6. The number of anilines is 1. The zero-order valence-corrected chi connectivity index (χ0v) is 19.3. The van der Waals surface area contributed by atoms with Crippen LogP contribution in [0.15, 0.2) is 53.3 Å². The van der Waals surface area contributed by atoms with Gasteiger partial charge in [-0.05, 0) is 37.6 Å². The van der Waals surface area contributed by atoms with Crippen molar-refractivity contribution in [3.8, 4) is 5.75 Å². The highest BCUT2D eigenvalue weighted by molar-refractivity contribution is 6.06. The summed E-state index contributed by atoms with van der Waals surface area (Å²) in [5, 5.41) is 0.653. The van der Waals surface area contributed by atoms with Gasteiger partial charge in [-0.15, -0.1) is 0 Å². The van der Waals surface area contributed by atoms with Crippen LogP contribution < -0.4 is 15.2 Å². The molecule has 0 amide bonds. The fraction of sp³-hybridized carbons (Fsp3) is 0.320. The van der Waals surface area contributed by atoms with Crippen molar-refractivity contribution in [1.29, 1.82) is 0 Å². The van der Waals surface area contributed by atoms with Gasteiger partial charge in [-0.2, -0.15) is 0 Å². The Hall–Kier alpha value is -3.81. The van der Waals surface area contributed by atoms with Crippen molar-refractivity contribution in [1.82, 2.24) is 4.57 Å². The summed E-state index contributed by atoms with van der Waals surface area (Å²) in [5.74, 6) is -0.483. The lowest BCUT2D eigenvalue weighted by Crippen LogP contribution is -2.35. The number of nitrogens with zero attached hydrogens (tertiary/aromatic N) is 2. The third kappa shape index (κ3) is 5.16. The van der Waals surface area contributed by atoms with Crippen molar-refractivity contribution in [2.24, 2.45) is 0 Å². The van der Waals surface area contributed by atoms with Crippen molar-refractivity contribution in [3.05, 3.63) is 70.0 Å². The van der Waals surface area contributed by atoms with Gasteiger partial charge in [-0.1, -0.05) is 30.3 Å². The minimum atomic E-state index is -0.734. The van der Waals surface area contributed by atoms with E-state index in [0.29, 0.717) is 22.3 Å². The minimum Gasteiger partial charge on any atom is -0.497 e. The molecule has 0 N–H and O–H groups in total. The van der Waals surface area contributed by atoms with Gasteiger partial charge in [-0.25, -0.2) is 4.79 Å². The molecule has 0 spiro atoms. The van der Waals surface area contributed by atoms with Crippen LogP contribution in [0.3, 0.4) is 0 Å². The number of carbonyl (C=O) groups is 2. The van der Waals surface area contributed by atoms with Crippen molar-refractivity contribution in [2.75, 3.05) is 38.8 Å². The average Bonchev–Trinajstić information content (AvgIpc) is 2.81. The number of methoxy groups -OCH3 is 1. The number of para-hydroxylation sites is 1. The molecule has 0 fully saturated rings. The molecule has 0 aliphatic rings. The Morgan fingerprint density at radius 1 is 0.970 bits per heavy atom. The van der Waals surface area contributed by atoms with Gasteiger partial charge in [0.2, 0.25) is 0 Å². The molecule has 3 rings (SSSR count). The molecule has 0 atom stereocenters. The van der Waals surface area contributed by atoms with E-state index in [2.05, 4.69) is 0 Å². The minimum absolute atomic E-state index is 0.115. The number of hydrogen-bond acceptors (Lipinski definition) is 7. The monoisotopic (exact) mass is 452 g/mol. The van der Waals surface area contributed by atoms with E-state index in [-0.39, 0.29) is 31.9 Å². The number of carbonyl (C=O) groups excluding carboxylic acids is 2. The van der Waals surface area contributed by atoms with Crippen LogP contribution in [0.1, 0.15) is 29.8 Å². The second-order valence-corrected chi connectivity index (χ2v) is 7.36. The van der Waals surface area contributed by atoms with Crippen LogP contribution in [0.4, 0.5) is 5.69 Å². The first-order valence-corrected chi connectivity index (χ1v) is 10.7. The van der Waals surface area contributed by atoms with E-state index in [9.17, 15) is 14.4 Å². The van der Waals surface area contributed by atoms with E-state index in [0.717, 1.165) is 5.56 Å². The second kappa shape index (κ2) is 10.7. The van der Waals surface area contributed by atoms with Crippen molar-refractivity contribution >= 4 is 28.5 Å². The zero-order chi connectivity index (χ0) is 24.0. The molecular formula is C25H28N2O6. The molecule has 0 unspecified atom stereocenters. The molecule has 0 aliphatic heterocycles. The molecule has 2 aromatic carbocycles. The van der Waals surface area contributed by atoms with Gasteiger partial charge in [-0.3, -0.25) is 9.59 Å². The van der Waals surface area contributed by atoms with Gasteiger partial charge in [0.05, 0.1) is 38.1 Å². The van der Waals surface area contributed by atoms with Gasteiger partial charge < -0.3 is 23.7 Å². The van der Waals surface area contributed by atoms with E-state index in [1.165, 1.54) is 0 Å². The third-order valence-electron chi connectivity index (χ3n) is 5.18. The van der Waals surface area contributed by atoms with Crippen LogP contribution in [-0.2, 0) is 20.8 Å². The second-order valence-electron chi connectivity index (χ2n) is 7.36. The number of benzene rings is 2. The topological polar surface area (TPSA) is 87.1 Å². The molecule has 1 aromatic heterocycles. The van der Waals surface area contributed by atoms with Crippen LogP contribution in [0.25, 0.3) is 10.9 Å². The molecule has 8 nitrogen and oxygen atoms in total. The lowest BCUT2D eigenvalue weighted by molar-refractivity contribution is -0.141. The SMILES string of the molecule is CCOC(=O)CN(C)c1c(C(=O)OCC)c(=O)n(Cc2ccc(OC)cc2)c2ccccc12. The summed E-state index contributed by atoms with van der Waals surface area (Å²) >= 11 is 0. The van der Waals surface area contributed by atoms with Gasteiger partial charge in [0.25, 0.3) is 5.56 Å². The lowest BCUT2D eigenvalue weighted by Gasteiger charge is -2.24. The first kappa shape index (κ1) is 23.8. The first-order chi connectivity index (χ1) is 15.9. The molecule has 174 valence electrons. The van der Waals surface area contributed by atoms with E-state index in [1.807, 2.05) is 48.5 Å². The highest BCUT2D eigenvalue weighted by Crippen LogP contribution is 2.29. The molecule has 0 aliphatic carbocycles. The number of rotatable bonds is 9. The molecule has 1 heterocycles. The Bertz CT molecular complexity index is 1200. The Balaban J connectivity index is 2.22. The van der Waals surface area contributed by atoms with Gasteiger partial charge in [0.15, 0.2) is 0 Å². The summed E-state index contributed by atoms with van der Waals surface area (Å²) in [6.45, 7) is 3.88. The number of ether oxygens (including phenoxy) is 3. The maximum atomic E-state index is 13.7. The van der Waals surface area contributed by atoms with Crippen LogP contribution >= 0.6 is 0 Å². The number of hydrogen-bond donors (Lipinski definition) is 0. The lowest BCUT2D eigenvalue weighted by atomic mass is 10.1. The van der Waals surface area contributed by atoms with Crippen molar-refractivity contribution < 1.29 is 23.8 Å². The van der Waals surface area contributed by atoms with Crippen LogP contribution in [0.5, 0.6) is 5.75 Å². The van der Waals surface area contributed by atoms with Crippen LogP contribution in [0.2, 0.25) is 0 Å². The van der Waals surface area contributed by atoms with Crippen LogP contribution in [0, 0.1) is 0 Å². The average molecular weight is 453 g/mol. The van der Waals surface area contributed by atoms with Crippen molar-refractivity contribution in [2.45, 2.75) is 20.4 Å². The molecule has 33 heavy (non-hydrogen) atoms. The Kier molecular flexibility index (Phi) is 7.71. The first-order valence-electron chi connectivity index (χ1n) is 10.7. The maximum Gasteiger partial charge on any atom is 0.345 e. The number of fused-ring (bicyclic) bond motifs is 1. The molecule has 8 heteroatoms. The third-order valence-corrected chi connectivity index (χ3v) is 5.18. The molecule has 3 aromatic rings. The summed E-state index contributed by atoms with van der Waals surface area (Å²) in [7, 11) is 3.23. The van der Waals surface area contributed by atoms with E-state index in [1.54, 1.807) is 37.5 Å². The quantitative estimate of drug-likeness (QED) is 0.461. The molecule has 0 bridgehead atoms. The predicted molar refractivity (Wildman–Crippen MR) is 126 cm³/mol. The largest absolute Gasteiger partial charge is 0.497 e. The number of esters is 2. The fourth-order valence-electron chi connectivity index (χ4n) is 3.72. The predicted octanol–water partition coefficient (Wildman–Crippen LogP) is 3.23. The summed E-state index contributed by atoms with van der Waals surface area (Å²) in [4.78, 5) is 40.3. The normalized spacial score (nSPS) is 10.7. The van der Waals surface area contributed by atoms with Gasteiger partial charge in [0.1, 0.15) is 17.9 Å². The highest BCUT2D eigenvalue weighted by atomic mass is 16.5. The summed E-state index contributed by atoms with van der Waals surface area (Å²) in [5.41, 5.74) is 1.24. The highest BCUT2D eigenvalue weighted by Gasteiger charge is 2.26. The fourth-order valence-corrected chi connectivity index (χ4v) is 3.72. The van der Waals surface area contributed by atoms with E-state index in [4.69, 9.17) is 14.2 Å². The number of likely N-dealkylation sites (N-methyl/N-ethyl adjacent to an activating group) is 1. The molecule has 0 saturated carbocycles. The number of aromatic nitrogens is 1.